The Morgan fingerprint density at radius 2 is 1.97 bits per heavy atom. The normalized spacial score (nSPS) is 15.2. The Labute approximate surface area is 179 Å². The molecule has 158 valence electrons. The van der Waals surface area contributed by atoms with Crippen LogP contribution >= 0.6 is 11.6 Å². The van der Waals surface area contributed by atoms with E-state index in [2.05, 4.69) is 15.3 Å². The zero-order valence-electron chi connectivity index (χ0n) is 16.0. The molecular weight excluding hydrogens is 433 g/mol. The summed E-state index contributed by atoms with van der Waals surface area (Å²) < 4.78 is 42.5. The van der Waals surface area contributed by atoms with E-state index in [4.69, 9.17) is 11.6 Å². The molecule has 0 unspecified atom stereocenters. The number of halogens is 4. The van der Waals surface area contributed by atoms with Crippen LogP contribution in [0.5, 0.6) is 0 Å². The van der Waals surface area contributed by atoms with Crippen LogP contribution in [0.3, 0.4) is 0 Å². The zero-order valence-corrected chi connectivity index (χ0v) is 16.8. The van der Waals surface area contributed by atoms with Crippen molar-refractivity contribution < 1.29 is 22.8 Å². The van der Waals surface area contributed by atoms with Crippen molar-refractivity contribution in [1.82, 2.24) is 9.97 Å². The van der Waals surface area contributed by atoms with Crippen molar-refractivity contribution in [3.63, 3.8) is 0 Å². The average molecular weight is 447 g/mol. The van der Waals surface area contributed by atoms with Gasteiger partial charge in [-0.05, 0) is 31.2 Å². The second-order valence-corrected chi connectivity index (χ2v) is 7.33. The second kappa shape index (κ2) is 7.99. The van der Waals surface area contributed by atoms with Gasteiger partial charge in [0.1, 0.15) is 30.3 Å². The number of benzene rings is 2. The molecule has 0 saturated carbocycles. The van der Waals surface area contributed by atoms with Crippen LogP contribution in [0, 0.1) is 17.5 Å². The quantitative estimate of drug-likeness (QED) is 0.650. The Kier molecular flexibility index (Phi) is 5.36. The van der Waals surface area contributed by atoms with Gasteiger partial charge in [-0.2, -0.15) is 0 Å². The molecule has 0 bridgehead atoms. The Morgan fingerprint density at radius 1 is 1.19 bits per heavy atom. The highest BCUT2D eigenvalue weighted by Crippen LogP contribution is 2.41. The predicted molar refractivity (Wildman–Crippen MR) is 108 cm³/mol. The lowest BCUT2D eigenvalue weighted by Gasteiger charge is -2.24. The number of anilines is 2. The fourth-order valence-electron chi connectivity index (χ4n) is 3.47. The molecule has 31 heavy (non-hydrogen) atoms. The number of nitrogens with zero attached hydrogens (tertiary/aromatic N) is 3. The van der Waals surface area contributed by atoms with E-state index in [0.717, 1.165) is 17.0 Å². The Balaban J connectivity index is 1.75. The van der Waals surface area contributed by atoms with Crippen LogP contribution in [0.15, 0.2) is 42.9 Å². The van der Waals surface area contributed by atoms with E-state index in [-0.39, 0.29) is 33.2 Å². The maximum absolute atomic E-state index is 14.8. The summed E-state index contributed by atoms with van der Waals surface area (Å²) in [6.45, 7) is 0.985. The molecule has 2 heterocycles. The molecule has 3 aromatic rings. The molecule has 0 fully saturated rings. The van der Waals surface area contributed by atoms with Gasteiger partial charge in [-0.15, -0.1) is 0 Å². The molecule has 1 aliphatic heterocycles. The van der Waals surface area contributed by atoms with Crippen molar-refractivity contribution in [3.8, 4) is 11.1 Å². The van der Waals surface area contributed by atoms with Crippen molar-refractivity contribution in [2.75, 3.05) is 16.8 Å². The molecule has 1 aromatic heterocycles. The number of aromatic nitrogens is 2. The van der Waals surface area contributed by atoms with E-state index < -0.39 is 41.7 Å². The Bertz CT molecular complexity index is 1220. The summed E-state index contributed by atoms with van der Waals surface area (Å²) >= 11 is 5.63. The maximum atomic E-state index is 14.8. The smallest absolute Gasteiger partial charge is 0.244 e. The Morgan fingerprint density at radius 3 is 2.71 bits per heavy atom. The largest absolute Gasteiger partial charge is 0.324 e. The molecule has 0 spiro atoms. The van der Waals surface area contributed by atoms with Crippen LogP contribution in [-0.4, -0.2) is 28.3 Å². The van der Waals surface area contributed by atoms with Crippen LogP contribution < -0.4 is 10.2 Å². The van der Waals surface area contributed by atoms with Gasteiger partial charge in [0.2, 0.25) is 11.8 Å². The SMILES string of the molecule is C[C@@H]1C(=O)N(CC(=O)Nc2ccc(Cl)c(F)c2)c2cc(F)cc(F)c2-c2cncnc21. The maximum Gasteiger partial charge on any atom is 0.244 e. The van der Waals surface area contributed by atoms with Crippen molar-refractivity contribution >= 4 is 34.8 Å². The van der Waals surface area contributed by atoms with E-state index in [1.54, 1.807) is 6.92 Å². The molecule has 1 N–H and O–H groups in total. The number of fused-ring (bicyclic) bond motifs is 3. The fraction of sp³-hybridized carbons (Fsp3) is 0.143. The third-order valence-electron chi connectivity index (χ3n) is 4.89. The first-order valence-electron chi connectivity index (χ1n) is 9.12. The monoisotopic (exact) mass is 446 g/mol. The molecule has 0 aliphatic carbocycles. The number of hydrogen-bond donors (Lipinski definition) is 1. The summed E-state index contributed by atoms with van der Waals surface area (Å²) in [6, 6.07) is 5.33. The van der Waals surface area contributed by atoms with Crippen LogP contribution in [0.2, 0.25) is 5.02 Å². The van der Waals surface area contributed by atoms with Gasteiger partial charge in [-0.3, -0.25) is 9.59 Å². The highest BCUT2D eigenvalue weighted by molar-refractivity contribution is 6.30. The summed E-state index contributed by atoms with van der Waals surface area (Å²) in [4.78, 5) is 34.7. The molecule has 2 amide bonds. The van der Waals surface area contributed by atoms with Gasteiger partial charge in [0.15, 0.2) is 0 Å². The molecule has 6 nitrogen and oxygen atoms in total. The van der Waals surface area contributed by atoms with Crippen molar-refractivity contribution in [2.24, 2.45) is 0 Å². The first-order chi connectivity index (χ1) is 14.8. The third-order valence-corrected chi connectivity index (χ3v) is 5.20. The lowest BCUT2D eigenvalue weighted by Crippen LogP contribution is -2.40. The van der Waals surface area contributed by atoms with Crippen molar-refractivity contribution in [3.05, 3.63) is 71.0 Å². The minimum Gasteiger partial charge on any atom is -0.324 e. The standard InChI is InChI=1S/C21H14ClF3N4O2/c1-10-20-13(7-26-9-27-20)19-16(25)4-11(23)5-17(19)29(21(10)31)8-18(30)28-12-2-3-14(22)15(24)6-12/h2-7,9-10H,8H2,1H3,(H,28,30)/t10-/m0/s1. The van der Waals surface area contributed by atoms with Crippen LogP contribution in [0.25, 0.3) is 11.1 Å². The minimum atomic E-state index is -0.918. The molecule has 0 radical (unpaired) electrons. The van der Waals surface area contributed by atoms with E-state index in [1.165, 1.54) is 24.7 Å². The van der Waals surface area contributed by atoms with Crippen molar-refractivity contribution in [2.45, 2.75) is 12.8 Å². The number of carbonyl (C=O) groups is 2. The fourth-order valence-corrected chi connectivity index (χ4v) is 3.58. The molecule has 10 heteroatoms. The van der Waals surface area contributed by atoms with Crippen molar-refractivity contribution in [1.29, 1.82) is 0 Å². The first kappa shape index (κ1) is 20.8. The molecular formula is C21H14ClF3N4O2. The van der Waals surface area contributed by atoms with Gasteiger partial charge >= 0.3 is 0 Å². The average Bonchev–Trinajstić information content (AvgIpc) is 2.80. The van der Waals surface area contributed by atoms with E-state index >= 15 is 0 Å². The Hall–Kier alpha value is -3.46. The summed E-state index contributed by atoms with van der Waals surface area (Å²) in [5, 5.41) is 2.33. The van der Waals surface area contributed by atoms with Gasteiger partial charge in [0.05, 0.1) is 22.3 Å². The molecule has 1 aliphatic rings. The number of nitrogens with one attached hydrogen (secondary N) is 1. The summed E-state index contributed by atoms with van der Waals surface area (Å²) in [5.41, 5.74) is 0.398. The molecule has 2 aromatic carbocycles. The van der Waals surface area contributed by atoms with Gasteiger partial charge in [-0.1, -0.05) is 11.6 Å². The van der Waals surface area contributed by atoms with Crippen LogP contribution in [0.1, 0.15) is 18.5 Å². The van der Waals surface area contributed by atoms with E-state index in [9.17, 15) is 22.8 Å². The van der Waals surface area contributed by atoms with Crippen LogP contribution in [-0.2, 0) is 9.59 Å². The number of rotatable bonds is 3. The van der Waals surface area contributed by atoms with E-state index in [1.807, 2.05) is 0 Å². The topological polar surface area (TPSA) is 75.2 Å². The third kappa shape index (κ3) is 3.84. The molecule has 4 rings (SSSR count). The van der Waals surface area contributed by atoms with Gasteiger partial charge in [0, 0.05) is 29.1 Å². The summed E-state index contributed by atoms with van der Waals surface area (Å²) in [7, 11) is 0. The van der Waals surface area contributed by atoms with Gasteiger partial charge in [-0.25, -0.2) is 23.1 Å². The summed E-state index contributed by atoms with van der Waals surface area (Å²) in [6.07, 6.45) is 2.56. The van der Waals surface area contributed by atoms with E-state index in [0.29, 0.717) is 6.07 Å². The lowest BCUT2D eigenvalue weighted by molar-refractivity contribution is -0.122. The highest BCUT2D eigenvalue weighted by atomic mass is 35.5. The minimum absolute atomic E-state index is 0.0833. The highest BCUT2D eigenvalue weighted by Gasteiger charge is 2.35. The van der Waals surface area contributed by atoms with Gasteiger partial charge < -0.3 is 10.2 Å². The molecule has 1 atom stereocenters. The predicted octanol–water partition coefficient (Wildman–Crippen LogP) is 4.30. The van der Waals surface area contributed by atoms with Crippen LogP contribution in [0.4, 0.5) is 24.5 Å². The first-order valence-corrected chi connectivity index (χ1v) is 9.49. The zero-order chi connectivity index (χ0) is 22.3. The molecule has 0 saturated heterocycles. The number of carbonyl (C=O) groups excluding carboxylic acids is 2. The van der Waals surface area contributed by atoms with Gasteiger partial charge in [0.25, 0.3) is 0 Å². The summed E-state index contributed by atoms with van der Waals surface area (Å²) in [5.74, 6) is -4.70. The number of amides is 2. The lowest BCUT2D eigenvalue weighted by atomic mass is 9.98. The number of hydrogen-bond acceptors (Lipinski definition) is 4. The second-order valence-electron chi connectivity index (χ2n) is 6.93.